The van der Waals surface area contributed by atoms with Gasteiger partial charge in [-0.25, -0.2) is 5.01 Å². The topological polar surface area (TPSA) is 113 Å². The van der Waals surface area contributed by atoms with Crippen LogP contribution in [0.5, 0.6) is 0 Å². The molecule has 218 valence electrons. The molecule has 0 aliphatic carbocycles. The zero-order chi connectivity index (χ0) is 29.0. The van der Waals surface area contributed by atoms with Crippen LogP contribution in [0.1, 0.15) is 49.4 Å². The van der Waals surface area contributed by atoms with Crippen LogP contribution < -0.4 is 5.01 Å². The van der Waals surface area contributed by atoms with Gasteiger partial charge < -0.3 is 14.6 Å². The average Bonchev–Trinajstić information content (AvgIpc) is 3.55. The van der Waals surface area contributed by atoms with E-state index in [1.54, 1.807) is 9.69 Å². The van der Waals surface area contributed by atoms with Crippen LogP contribution >= 0.6 is 0 Å². The Kier molecular flexibility index (Phi) is 9.13. The first-order valence-electron chi connectivity index (χ1n) is 14.7. The largest absolute Gasteiger partial charge is 0.432 e. The quantitative estimate of drug-likeness (QED) is 0.329. The van der Waals surface area contributed by atoms with Gasteiger partial charge in [0.2, 0.25) is 5.91 Å². The van der Waals surface area contributed by atoms with Gasteiger partial charge in [0.05, 0.1) is 29.3 Å². The van der Waals surface area contributed by atoms with Crippen LogP contribution in [0.2, 0.25) is 18.6 Å². The maximum atomic E-state index is 12.8. The highest BCUT2D eigenvalue weighted by molar-refractivity contribution is 6.71. The lowest BCUT2D eigenvalue weighted by atomic mass is 9.95. The lowest BCUT2D eigenvalue weighted by Gasteiger charge is -2.30. The molecule has 41 heavy (non-hydrogen) atoms. The number of hydrazone groups is 1. The minimum absolute atomic E-state index is 0.00580. The molecule has 1 aromatic heterocycles. The Hall–Kier alpha value is -3.18. The molecule has 4 atom stereocenters. The third-order valence-corrected chi connectivity index (χ3v) is 10.9. The van der Waals surface area contributed by atoms with Gasteiger partial charge in [0.25, 0.3) is 0 Å². The van der Waals surface area contributed by atoms with E-state index in [4.69, 9.17) is 14.9 Å². The van der Waals surface area contributed by atoms with Crippen molar-refractivity contribution < 1.29 is 19.4 Å². The minimum atomic E-state index is -2.48. The van der Waals surface area contributed by atoms with Crippen molar-refractivity contribution in [2.75, 3.05) is 11.6 Å². The number of anilines is 1. The zero-order valence-corrected chi connectivity index (χ0v) is 25.2. The summed E-state index contributed by atoms with van der Waals surface area (Å²) in [5.41, 5.74) is 4.78. The Bertz CT molecular complexity index is 1360. The Labute approximate surface area is 243 Å². The van der Waals surface area contributed by atoms with Gasteiger partial charge in [-0.3, -0.25) is 9.48 Å². The number of carbonyl (C=O) groups excluding carboxylic acids is 1. The van der Waals surface area contributed by atoms with Crippen LogP contribution in [0, 0.1) is 5.92 Å². The molecule has 0 bridgehead atoms. The van der Waals surface area contributed by atoms with E-state index in [0.29, 0.717) is 25.8 Å². The fourth-order valence-corrected chi connectivity index (χ4v) is 9.02. The first kappa shape index (κ1) is 29.3. The maximum absolute atomic E-state index is 12.8. The summed E-state index contributed by atoms with van der Waals surface area (Å²) in [6.45, 7) is 6.92. The molecule has 0 spiro atoms. The number of aliphatic hydroxyl groups is 1. The van der Waals surface area contributed by atoms with Gasteiger partial charge in [0.1, 0.15) is 0 Å². The highest BCUT2D eigenvalue weighted by atomic mass is 28.4. The number of ether oxygens (including phenoxy) is 1. The van der Waals surface area contributed by atoms with Crippen molar-refractivity contribution in [2.24, 2.45) is 11.0 Å². The van der Waals surface area contributed by atoms with Crippen molar-refractivity contribution in [1.82, 2.24) is 15.0 Å². The molecule has 1 amide bonds. The zero-order valence-electron chi connectivity index (χ0n) is 24.2. The normalized spacial score (nSPS) is 23.2. The van der Waals surface area contributed by atoms with Gasteiger partial charge >= 0.3 is 0 Å². The first-order valence-corrected chi connectivity index (χ1v) is 17.7. The summed E-state index contributed by atoms with van der Waals surface area (Å²) in [7, 11) is -2.48. The number of hydrogen-bond donors (Lipinski definition) is 2. The van der Waals surface area contributed by atoms with Crippen molar-refractivity contribution in [1.29, 1.82) is 0 Å². The number of aromatic nitrogens is 3. The molecule has 2 aromatic carbocycles. The van der Waals surface area contributed by atoms with E-state index in [2.05, 4.69) is 29.4 Å². The van der Waals surface area contributed by atoms with E-state index in [1.165, 1.54) is 0 Å². The lowest BCUT2D eigenvalue weighted by Crippen LogP contribution is -2.40. The van der Waals surface area contributed by atoms with E-state index in [9.17, 15) is 9.59 Å². The van der Waals surface area contributed by atoms with Crippen LogP contribution in [-0.2, 0) is 28.9 Å². The molecule has 0 radical (unpaired) electrons. The number of amides is 1. The standard InChI is InChI=1S/C31H41N5O4Si/c1-22-28(40-29(31(22)41(2,3)39)16-18-35-21-25(17-19-37)32-34-35)14-12-23-8-7-11-26(20-23)36-30(38)15-13-27(33-36)24-9-5-4-6-10-24/h4-11,20-22,28-29,31,37,39H,12-19H2,1-3H3/t22-,28+,29-,31+/m1/s1. The highest BCUT2D eigenvalue weighted by Crippen LogP contribution is 2.45. The Morgan fingerprint density at radius 2 is 1.83 bits per heavy atom. The van der Waals surface area contributed by atoms with Gasteiger partial charge in [-0.2, -0.15) is 5.10 Å². The molecule has 0 saturated carbocycles. The molecule has 1 fully saturated rings. The maximum Gasteiger partial charge on any atom is 0.247 e. The molecule has 2 N–H and O–H groups in total. The van der Waals surface area contributed by atoms with Crippen molar-refractivity contribution in [3.05, 3.63) is 77.6 Å². The van der Waals surface area contributed by atoms with Crippen LogP contribution in [0.15, 0.2) is 65.9 Å². The molecule has 3 aromatic rings. The van der Waals surface area contributed by atoms with Crippen LogP contribution in [0.4, 0.5) is 5.69 Å². The van der Waals surface area contributed by atoms with Crippen molar-refractivity contribution >= 4 is 25.6 Å². The Morgan fingerprint density at radius 3 is 2.59 bits per heavy atom. The molecular formula is C31H41N5O4Si. The van der Waals surface area contributed by atoms with Crippen molar-refractivity contribution in [2.45, 2.75) is 82.8 Å². The first-order chi connectivity index (χ1) is 19.7. The lowest BCUT2D eigenvalue weighted by molar-refractivity contribution is -0.118. The summed E-state index contributed by atoms with van der Waals surface area (Å²) >= 11 is 0. The molecule has 5 rings (SSSR count). The van der Waals surface area contributed by atoms with Crippen LogP contribution in [0.25, 0.3) is 0 Å². The number of nitrogens with zero attached hydrogens (tertiary/aromatic N) is 5. The Morgan fingerprint density at radius 1 is 1.02 bits per heavy atom. The second-order valence-corrected chi connectivity index (χ2v) is 15.8. The molecule has 0 unspecified atom stereocenters. The third-order valence-electron chi connectivity index (χ3n) is 8.33. The summed E-state index contributed by atoms with van der Waals surface area (Å²) in [6, 6.07) is 18.1. The summed E-state index contributed by atoms with van der Waals surface area (Å²) in [5, 5.41) is 23.7. The number of rotatable bonds is 11. The second-order valence-electron chi connectivity index (χ2n) is 11.8. The number of aliphatic hydroxyl groups excluding tert-OH is 1. The van der Waals surface area contributed by atoms with Gasteiger partial charge in [0, 0.05) is 44.2 Å². The molecule has 2 aliphatic heterocycles. The molecule has 3 heterocycles. The summed E-state index contributed by atoms with van der Waals surface area (Å²) < 4.78 is 8.42. The number of carbonyl (C=O) groups is 1. The summed E-state index contributed by atoms with van der Waals surface area (Å²) in [6.07, 6.45) is 5.82. The average molecular weight is 576 g/mol. The smallest absolute Gasteiger partial charge is 0.247 e. The fraction of sp³-hybridized carbons (Fsp3) is 0.484. The molecule has 10 heteroatoms. The highest BCUT2D eigenvalue weighted by Gasteiger charge is 2.49. The van der Waals surface area contributed by atoms with Crippen molar-refractivity contribution in [3.8, 4) is 0 Å². The van der Waals surface area contributed by atoms with E-state index in [1.807, 2.05) is 61.8 Å². The van der Waals surface area contributed by atoms with E-state index in [-0.39, 0.29) is 36.2 Å². The molecule has 2 aliphatic rings. The second kappa shape index (κ2) is 12.8. The predicted molar refractivity (Wildman–Crippen MR) is 161 cm³/mol. The minimum Gasteiger partial charge on any atom is -0.432 e. The SMILES string of the molecule is C[C@H]1[C@H]([Si](C)(C)O)[C@@H](CCn2cc(CCO)nn2)O[C@H]1CCc1cccc(N2N=C(c3ccccc3)CCC2=O)c1. The van der Waals surface area contributed by atoms with Gasteiger partial charge in [-0.15, -0.1) is 5.10 Å². The van der Waals surface area contributed by atoms with E-state index in [0.717, 1.165) is 47.5 Å². The Balaban J connectivity index is 1.25. The number of hydrogen-bond acceptors (Lipinski definition) is 7. The fourth-order valence-electron chi connectivity index (χ4n) is 6.36. The molecule has 1 saturated heterocycles. The van der Waals surface area contributed by atoms with Crippen LogP contribution in [0.3, 0.4) is 0 Å². The van der Waals surface area contributed by atoms with E-state index < -0.39 is 8.32 Å². The number of aryl methyl sites for hydroxylation is 2. The monoisotopic (exact) mass is 575 g/mol. The predicted octanol–water partition coefficient (Wildman–Crippen LogP) is 4.34. The summed E-state index contributed by atoms with van der Waals surface area (Å²) in [4.78, 5) is 24.0. The van der Waals surface area contributed by atoms with Crippen LogP contribution in [-0.4, -0.2) is 63.6 Å². The van der Waals surface area contributed by atoms with Crippen molar-refractivity contribution in [3.63, 3.8) is 0 Å². The third kappa shape index (κ3) is 7.01. The molecular weight excluding hydrogens is 534 g/mol. The van der Waals surface area contributed by atoms with E-state index >= 15 is 0 Å². The summed E-state index contributed by atoms with van der Waals surface area (Å²) in [5.74, 6) is 0.239. The number of benzene rings is 2. The van der Waals surface area contributed by atoms with Gasteiger partial charge in [-0.05, 0) is 61.5 Å². The molecule has 9 nitrogen and oxygen atoms in total. The van der Waals surface area contributed by atoms with Gasteiger partial charge in [0.15, 0.2) is 8.32 Å². The van der Waals surface area contributed by atoms with Gasteiger partial charge in [-0.1, -0.05) is 54.6 Å².